The Kier molecular flexibility index (Phi) is 13.5. The highest BCUT2D eigenvalue weighted by molar-refractivity contribution is 6.30. The maximum atomic E-state index is 15.3. The number of halogens is 2. The molecule has 63 heavy (non-hydrogen) atoms. The average Bonchev–Trinajstić information content (AvgIpc) is 3.93. The number of aliphatic imine (C=N–C) groups is 2. The number of ether oxygens (including phenoxy) is 2. The summed E-state index contributed by atoms with van der Waals surface area (Å²) in [5.41, 5.74) is 3.27. The highest BCUT2D eigenvalue weighted by Crippen LogP contribution is 2.38. The zero-order valence-electron chi connectivity index (χ0n) is 36.4. The summed E-state index contributed by atoms with van der Waals surface area (Å²) in [6.07, 6.45) is 0. The lowest BCUT2D eigenvalue weighted by Gasteiger charge is -2.39. The Morgan fingerprint density at radius 3 is 1.60 bits per heavy atom. The molecule has 4 aromatic carbocycles. The molecule has 0 radical (unpaired) electrons. The van der Waals surface area contributed by atoms with E-state index < -0.39 is 46.8 Å². The molecule has 0 bridgehead atoms. The number of amides is 4. The van der Waals surface area contributed by atoms with Gasteiger partial charge in [0.2, 0.25) is 5.91 Å². The maximum Gasteiger partial charge on any atom is 0.326 e. The predicted octanol–water partition coefficient (Wildman–Crippen LogP) is 7.08. The minimum absolute atomic E-state index is 0.0938. The molecule has 15 heteroatoms. The van der Waals surface area contributed by atoms with Crippen molar-refractivity contribution in [1.29, 1.82) is 0 Å². The van der Waals surface area contributed by atoms with E-state index in [1.54, 1.807) is 29.2 Å². The number of rotatable bonds is 13. The smallest absolute Gasteiger partial charge is 0.326 e. The van der Waals surface area contributed by atoms with E-state index in [-0.39, 0.29) is 39.4 Å². The van der Waals surface area contributed by atoms with Gasteiger partial charge in [-0.15, -0.1) is 0 Å². The Morgan fingerprint density at radius 2 is 1.16 bits per heavy atom. The van der Waals surface area contributed by atoms with E-state index >= 15 is 9.59 Å². The first-order valence-electron chi connectivity index (χ1n) is 21.2. The Balaban J connectivity index is 1.29. The van der Waals surface area contributed by atoms with Gasteiger partial charge in [0.25, 0.3) is 5.91 Å². The van der Waals surface area contributed by atoms with Crippen molar-refractivity contribution in [2.45, 2.75) is 70.5 Å². The number of benzene rings is 4. The molecule has 3 aliphatic rings. The molecule has 0 aliphatic carbocycles. The number of carbonyl (C=O) groups is 3. The third-order valence-corrected chi connectivity index (χ3v) is 12.4. The van der Waals surface area contributed by atoms with Crippen molar-refractivity contribution in [2.24, 2.45) is 9.98 Å². The topological polar surface area (TPSA) is 157 Å². The molecular weight excluding hydrogens is 843 g/mol. The minimum atomic E-state index is -1.14. The number of carbonyl (C=O) groups excluding carboxylic acids is 3. The molecule has 3 heterocycles. The standard InChI is InChI=1S/C48H54Cl2N6O7/c1-7-62-40-21-31(47(3,4)27-57)13-19-35(40)43-52-37(29-9-15-33(49)16-10-29)24-55(43)45(60)39-23-51-42(59)26-54(39)46(61)56-25-38(30-11-17-34(50)18-12-30)53-44(56)36-20-14-32(48(5,6)28-58)22-41(36)63-8-2/h9-22,37-39,57-58H,7-8,23-28H2,1-6H3,(H,51,59)/t37-,38?,39-/m1/s1. The number of piperazine rings is 1. The molecule has 4 amide bonds. The fourth-order valence-corrected chi connectivity index (χ4v) is 8.20. The molecule has 3 N–H and O–H groups in total. The Bertz CT molecular complexity index is 2420. The zero-order chi connectivity index (χ0) is 45.2. The molecule has 1 unspecified atom stereocenters. The van der Waals surface area contributed by atoms with Gasteiger partial charge in [0.05, 0.1) is 62.7 Å². The second-order valence-corrected chi connectivity index (χ2v) is 18.1. The molecule has 3 atom stereocenters. The average molecular weight is 898 g/mol. The van der Waals surface area contributed by atoms with Crippen molar-refractivity contribution >= 4 is 52.7 Å². The third kappa shape index (κ3) is 9.43. The van der Waals surface area contributed by atoms with Gasteiger partial charge in [-0.2, -0.15) is 0 Å². The Labute approximate surface area is 378 Å². The summed E-state index contributed by atoms with van der Waals surface area (Å²) in [5.74, 6) is 0.753. The van der Waals surface area contributed by atoms with Gasteiger partial charge in [0, 0.05) is 27.4 Å². The molecule has 0 aromatic heterocycles. The second-order valence-electron chi connectivity index (χ2n) is 17.2. The monoisotopic (exact) mass is 896 g/mol. The number of nitrogens with one attached hydrogen (secondary N) is 1. The number of nitrogens with zero attached hydrogens (tertiary/aromatic N) is 5. The van der Waals surface area contributed by atoms with Crippen molar-refractivity contribution in [3.8, 4) is 11.5 Å². The van der Waals surface area contributed by atoms with E-state index in [4.69, 9.17) is 42.7 Å². The van der Waals surface area contributed by atoms with Crippen LogP contribution in [-0.4, -0.2) is 113 Å². The quantitative estimate of drug-likeness (QED) is 0.130. The van der Waals surface area contributed by atoms with E-state index in [2.05, 4.69) is 5.32 Å². The molecule has 0 spiro atoms. The summed E-state index contributed by atoms with van der Waals surface area (Å²) in [7, 11) is 0. The van der Waals surface area contributed by atoms with Gasteiger partial charge >= 0.3 is 6.03 Å². The molecule has 0 saturated carbocycles. The van der Waals surface area contributed by atoms with Crippen LogP contribution in [0, 0.1) is 0 Å². The molecule has 13 nitrogen and oxygen atoms in total. The van der Waals surface area contributed by atoms with Crippen LogP contribution in [0.25, 0.3) is 0 Å². The molecule has 7 rings (SSSR count). The van der Waals surface area contributed by atoms with Crippen molar-refractivity contribution in [2.75, 3.05) is 52.6 Å². The first-order valence-corrected chi connectivity index (χ1v) is 21.9. The van der Waals surface area contributed by atoms with Crippen LogP contribution >= 0.6 is 23.2 Å². The number of urea groups is 1. The maximum absolute atomic E-state index is 15.3. The summed E-state index contributed by atoms with van der Waals surface area (Å²) in [5, 5.41) is 24.3. The van der Waals surface area contributed by atoms with Crippen LogP contribution in [0.5, 0.6) is 11.5 Å². The Morgan fingerprint density at radius 1 is 0.714 bits per heavy atom. The lowest BCUT2D eigenvalue weighted by Crippen LogP contribution is -2.64. The number of aliphatic hydroxyl groups excluding tert-OH is 2. The van der Waals surface area contributed by atoms with Gasteiger partial charge in [-0.3, -0.25) is 29.4 Å². The number of amidine groups is 2. The highest BCUT2D eigenvalue weighted by Gasteiger charge is 2.46. The summed E-state index contributed by atoms with van der Waals surface area (Å²) in [6.45, 7) is 11.6. The van der Waals surface area contributed by atoms with Crippen molar-refractivity contribution in [3.05, 3.63) is 128 Å². The van der Waals surface area contributed by atoms with Crippen molar-refractivity contribution in [1.82, 2.24) is 20.0 Å². The molecule has 1 fully saturated rings. The summed E-state index contributed by atoms with van der Waals surface area (Å²) < 4.78 is 12.3. The zero-order valence-corrected chi connectivity index (χ0v) is 37.9. The minimum Gasteiger partial charge on any atom is -0.493 e. The van der Waals surface area contributed by atoms with Crippen molar-refractivity contribution in [3.63, 3.8) is 0 Å². The first kappa shape index (κ1) is 45.6. The molecule has 3 aliphatic heterocycles. The number of hydrogen-bond donors (Lipinski definition) is 3. The normalized spacial score (nSPS) is 19.2. The van der Waals surface area contributed by atoms with Crippen molar-refractivity contribution < 1.29 is 34.1 Å². The van der Waals surface area contributed by atoms with Gasteiger partial charge in [-0.1, -0.05) is 87.3 Å². The van der Waals surface area contributed by atoms with E-state index in [0.29, 0.717) is 57.6 Å². The van der Waals surface area contributed by atoms with E-state index in [0.717, 1.165) is 22.3 Å². The lowest BCUT2D eigenvalue weighted by atomic mass is 9.85. The van der Waals surface area contributed by atoms with Gasteiger partial charge in [0.15, 0.2) is 0 Å². The molecule has 1 saturated heterocycles. The number of aliphatic hydroxyl groups is 2. The van der Waals surface area contributed by atoms with E-state index in [1.807, 2.05) is 102 Å². The van der Waals surface area contributed by atoms with Crippen LogP contribution < -0.4 is 14.8 Å². The van der Waals surface area contributed by atoms with E-state index in [1.165, 1.54) is 9.80 Å². The third-order valence-electron chi connectivity index (χ3n) is 11.9. The first-order chi connectivity index (χ1) is 30.1. The SMILES string of the molecule is CCOc1cc(C(C)(C)CO)ccc1C1=N[C@@H](c2ccc(Cl)cc2)CN1C(=O)[C@H]1CNC(=O)CN1C(=O)N1CC(c2ccc(Cl)cc2)N=C1c1ccc(C(C)(C)CO)cc1OCC. The van der Waals surface area contributed by atoms with Gasteiger partial charge < -0.3 is 29.9 Å². The predicted molar refractivity (Wildman–Crippen MR) is 244 cm³/mol. The van der Waals surface area contributed by atoms with Gasteiger partial charge in [0.1, 0.15) is 35.8 Å². The van der Waals surface area contributed by atoms with Crippen LogP contribution in [0.3, 0.4) is 0 Å². The van der Waals surface area contributed by atoms with Crippen LogP contribution in [-0.2, 0) is 20.4 Å². The fourth-order valence-electron chi connectivity index (χ4n) is 7.94. The lowest BCUT2D eigenvalue weighted by molar-refractivity contribution is -0.135. The fraction of sp³-hybridized carbons (Fsp3) is 0.396. The van der Waals surface area contributed by atoms with E-state index in [9.17, 15) is 15.0 Å². The largest absolute Gasteiger partial charge is 0.493 e. The van der Waals surface area contributed by atoms with Crippen LogP contribution in [0.1, 0.15) is 87.0 Å². The number of hydrogen-bond acceptors (Lipinski definition) is 9. The Hall–Kier alpha value is -5.47. The summed E-state index contributed by atoms with van der Waals surface area (Å²) in [4.78, 5) is 58.4. The highest BCUT2D eigenvalue weighted by atomic mass is 35.5. The molecule has 4 aromatic rings. The van der Waals surface area contributed by atoms with Crippen LogP contribution in [0.4, 0.5) is 4.79 Å². The summed E-state index contributed by atoms with van der Waals surface area (Å²) in [6, 6.07) is 23.0. The van der Waals surface area contributed by atoms with Crippen LogP contribution in [0.15, 0.2) is 94.9 Å². The van der Waals surface area contributed by atoms with Crippen LogP contribution in [0.2, 0.25) is 10.0 Å². The van der Waals surface area contributed by atoms with Gasteiger partial charge in [-0.05, 0) is 84.6 Å². The summed E-state index contributed by atoms with van der Waals surface area (Å²) >= 11 is 12.5. The molecular formula is C48H54Cl2N6O7. The van der Waals surface area contributed by atoms with Gasteiger partial charge in [-0.25, -0.2) is 4.79 Å². The second kappa shape index (κ2) is 18.7. The molecule has 332 valence electrons.